The maximum Gasteiger partial charge on any atom is 0.350 e. The topological polar surface area (TPSA) is 169 Å². The van der Waals surface area contributed by atoms with Gasteiger partial charge in [-0.2, -0.15) is 0 Å². The first kappa shape index (κ1) is 20.8. The molecule has 0 aromatic carbocycles. The van der Waals surface area contributed by atoms with Crippen LogP contribution in [-0.4, -0.2) is 46.7 Å². The summed E-state index contributed by atoms with van der Waals surface area (Å²) in [5.41, 5.74) is 5.18. The smallest absolute Gasteiger partial charge is 0.350 e. The molecule has 28 heavy (non-hydrogen) atoms. The molecule has 3 N–H and O–H groups in total. The van der Waals surface area contributed by atoms with Gasteiger partial charge in [0.2, 0.25) is 5.91 Å². The number of nitro groups is 1. The zero-order valence-electron chi connectivity index (χ0n) is 15.3. The van der Waals surface area contributed by atoms with Gasteiger partial charge in [0.25, 0.3) is 5.91 Å². The molecule has 0 saturated carbocycles. The van der Waals surface area contributed by atoms with Gasteiger partial charge in [-0.25, -0.2) is 9.48 Å². The van der Waals surface area contributed by atoms with Gasteiger partial charge in [-0.05, 0) is 19.4 Å². The highest BCUT2D eigenvalue weighted by Gasteiger charge is 2.29. The van der Waals surface area contributed by atoms with Crippen molar-refractivity contribution in [3.8, 4) is 5.88 Å². The van der Waals surface area contributed by atoms with E-state index in [1.54, 1.807) is 0 Å². The minimum Gasteiger partial charge on any atom is -0.475 e. The van der Waals surface area contributed by atoms with Crippen molar-refractivity contribution in [3.05, 3.63) is 32.3 Å². The van der Waals surface area contributed by atoms with Gasteiger partial charge in [0.05, 0.1) is 29.6 Å². The van der Waals surface area contributed by atoms with Crippen molar-refractivity contribution in [2.45, 2.75) is 19.9 Å². The number of nitrogens with two attached hydrogens (primary N) is 1. The number of hydrogen-bond donors (Lipinski definition) is 2. The third-order valence-corrected chi connectivity index (χ3v) is 5.06. The van der Waals surface area contributed by atoms with Gasteiger partial charge >= 0.3 is 17.5 Å². The van der Waals surface area contributed by atoms with E-state index in [0.29, 0.717) is 0 Å². The van der Waals surface area contributed by atoms with Crippen LogP contribution in [0.15, 0.2) is 6.20 Å². The summed E-state index contributed by atoms with van der Waals surface area (Å²) in [6.45, 7) is 2.95. The molecule has 0 aliphatic heterocycles. The fraction of sp³-hybridized carbons (Fsp3) is 0.333. The van der Waals surface area contributed by atoms with E-state index in [4.69, 9.17) is 15.2 Å². The second kappa shape index (κ2) is 8.04. The summed E-state index contributed by atoms with van der Waals surface area (Å²) in [7, 11) is 2.37. The Balaban J connectivity index is 2.37. The molecule has 1 unspecified atom stereocenters. The van der Waals surface area contributed by atoms with Crippen LogP contribution in [-0.2, 0) is 9.53 Å². The Morgan fingerprint density at radius 2 is 2.04 bits per heavy atom. The Morgan fingerprint density at radius 3 is 2.50 bits per heavy atom. The van der Waals surface area contributed by atoms with E-state index in [9.17, 15) is 24.5 Å². The molecule has 0 aliphatic rings. The number of primary amides is 1. The molecule has 2 heterocycles. The van der Waals surface area contributed by atoms with E-state index < -0.39 is 34.4 Å². The van der Waals surface area contributed by atoms with Crippen LogP contribution in [0.3, 0.4) is 0 Å². The predicted molar refractivity (Wildman–Crippen MR) is 97.7 cm³/mol. The number of amides is 2. The number of rotatable bonds is 7. The number of carbonyl (C=O) groups excluding carboxylic acids is 3. The van der Waals surface area contributed by atoms with Crippen molar-refractivity contribution in [2.75, 3.05) is 19.5 Å². The highest BCUT2D eigenvalue weighted by molar-refractivity contribution is 7.18. The number of nitrogens with zero attached hydrogens (tertiary/aromatic N) is 3. The summed E-state index contributed by atoms with van der Waals surface area (Å²) >= 11 is 0.827. The lowest BCUT2D eigenvalue weighted by Gasteiger charge is -2.12. The molecule has 2 amide bonds. The Morgan fingerprint density at radius 1 is 1.39 bits per heavy atom. The molecule has 2 aromatic rings. The molecule has 0 spiro atoms. The molecule has 0 bridgehead atoms. The number of aromatic nitrogens is 2. The maximum atomic E-state index is 12.6. The van der Waals surface area contributed by atoms with Crippen LogP contribution in [0.4, 0.5) is 10.7 Å². The lowest BCUT2D eigenvalue weighted by molar-refractivity contribution is -0.385. The van der Waals surface area contributed by atoms with Crippen LogP contribution in [0.1, 0.15) is 38.6 Å². The Hall–Kier alpha value is -3.48. The second-order valence-electron chi connectivity index (χ2n) is 5.54. The molecule has 150 valence electrons. The molecule has 0 aliphatic carbocycles. The van der Waals surface area contributed by atoms with E-state index in [1.165, 1.54) is 21.0 Å². The standard InChI is InChI=1S/C15H17N5O7S/c1-6-9(15(23)27-4)14(28-10(6)11(16)21)17-12(22)7(2)19-5-8(20(24)25)13(18-19)26-3/h5,7H,1-4H3,(H2,16,21)(H,17,22). The summed E-state index contributed by atoms with van der Waals surface area (Å²) in [5.74, 6) is -2.39. The van der Waals surface area contributed by atoms with Crippen molar-refractivity contribution in [2.24, 2.45) is 5.73 Å². The Bertz CT molecular complexity index is 964. The fourth-order valence-corrected chi connectivity index (χ4v) is 3.41. The second-order valence-corrected chi connectivity index (χ2v) is 6.56. The minimum absolute atomic E-state index is 0.00544. The van der Waals surface area contributed by atoms with Crippen molar-refractivity contribution in [1.29, 1.82) is 0 Å². The number of hydrogen-bond acceptors (Lipinski definition) is 9. The summed E-state index contributed by atoms with van der Waals surface area (Å²) < 4.78 is 10.6. The van der Waals surface area contributed by atoms with E-state index in [2.05, 4.69) is 10.4 Å². The molecular weight excluding hydrogens is 394 g/mol. The van der Waals surface area contributed by atoms with Crippen LogP contribution in [0, 0.1) is 17.0 Å². The van der Waals surface area contributed by atoms with Crippen molar-refractivity contribution in [1.82, 2.24) is 9.78 Å². The largest absolute Gasteiger partial charge is 0.475 e. The number of nitrogens with one attached hydrogen (secondary N) is 1. The van der Waals surface area contributed by atoms with Gasteiger partial charge in [-0.1, -0.05) is 0 Å². The predicted octanol–water partition coefficient (Wildman–Crippen LogP) is 1.26. The third kappa shape index (κ3) is 3.78. The van der Waals surface area contributed by atoms with Crippen LogP contribution < -0.4 is 15.8 Å². The van der Waals surface area contributed by atoms with Crippen LogP contribution >= 0.6 is 11.3 Å². The number of thiophene rings is 1. The SMILES string of the molecule is COC(=O)c1c(NC(=O)C(C)n2cc([N+](=O)[O-])c(OC)n2)sc(C(N)=O)c1C. The molecule has 1 atom stereocenters. The number of ether oxygens (including phenoxy) is 2. The third-order valence-electron chi connectivity index (χ3n) is 3.84. The van der Waals surface area contributed by atoms with Gasteiger partial charge in [0, 0.05) is 0 Å². The first-order valence-corrected chi connectivity index (χ1v) is 8.53. The molecule has 2 rings (SSSR count). The quantitative estimate of drug-likeness (QED) is 0.390. The van der Waals surface area contributed by atoms with Crippen molar-refractivity contribution in [3.63, 3.8) is 0 Å². The van der Waals surface area contributed by atoms with Crippen LogP contribution in [0.5, 0.6) is 5.88 Å². The van der Waals surface area contributed by atoms with Gasteiger partial charge in [0.15, 0.2) is 0 Å². The number of esters is 1. The van der Waals surface area contributed by atoms with E-state index in [1.807, 2.05) is 0 Å². The summed E-state index contributed by atoms with van der Waals surface area (Å²) in [6.07, 6.45) is 1.05. The molecule has 2 aromatic heterocycles. The van der Waals surface area contributed by atoms with Crippen molar-refractivity contribution < 1.29 is 28.8 Å². The van der Waals surface area contributed by atoms with E-state index in [0.717, 1.165) is 29.3 Å². The number of methoxy groups -OCH3 is 2. The first-order chi connectivity index (χ1) is 13.1. The molecule has 0 radical (unpaired) electrons. The lowest BCUT2D eigenvalue weighted by Crippen LogP contribution is -2.24. The monoisotopic (exact) mass is 411 g/mol. The summed E-state index contributed by atoms with van der Waals surface area (Å²) in [4.78, 5) is 46.6. The molecule has 0 saturated heterocycles. The van der Waals surface area contributed by atoms with Crippen molar-refractivity contribution >= 4 is 39.8 Å². The average molecular weight is 411 g/mol. The maximum absolute atomic E-state index is 12.6. The minimum atomic E-state index is -0.993. The normalized spacial score (nSPS) is 11.6. The average Bonchev–Trinajstić information content (AvgIpc) is 3.22. The molecular formula is C15H17N5O7S. The van der Waals surface area contributed by atoms with Gasteiger partial charge in [-0.15, -0.1) is 16.4 Å². The summed E-state index contributed by atoms with van der Waals surface area (Å²) in [5, 5.41) is 17.5. The van der Waals surface area contributed by atoms with E-state index in [-0.39, 0.29) is 26.9 Å². The van der Waals surface area contributed by atoms with Gasteiger partial charge in [-0.3, -0.25) is 19.7 Å². The molecule has 13 heteroatoms. The fourth-order valence-electron chi connectivity index (χ4n) is 2.36. The molecule has 0 fully saturated rings. The lowest BCUT2D eigenvalue weighted by atomic mass is 10.1. The zero-order valence-corrected chi connectivity index (χ0v) is 16.2. The van der Waals surface area contributed by atoms with Gasteiger partial charge < -0.3 is 20.5 Å². The highest BCUT2D eigenvalue weighted by atomic mass is 32.1. The summed E-state index contributed by atoms with van der Waals surface area (Å²) in [6, 6.07) is -0.993. The van der Waals surface area contributed by atoms with Crippen LogP contribution in [0.2, 0.25) is 0 Å². The van der Waals surface area contributed by atoms with Crippen LogP contribution in [0.25, 0.3) is 0 Å². The highest BCUT2D eigenvalue weighted by Crippen LogP contribution is 2.34. The number of carbonyl (C=O) groups is 3. The Kier molecular flexibility index (Phi) is 5.98. The zero-order chi connectivity index (χ0) is 21.2. The first-order valence-electron chi connectivity index (χ1n) is 7.72. The number of anilines is 1. The van der Waals surface area contributed by atoms with E-state index >= 15 is 0 Å². The Labute approximate surface area is 162 Å². The van der Waals surface area contributed by atoms with Gasteiger partial charge in [0.1, 0.15) is 17.2 Å². The molecule has 12 nitrogen and oxygen atoms in total.